The number of amides is 1. The summed E-state index contributed by atoms with van der Waals surface area (Å²) < 4.78 is 0. The van der Waals surface area contributed by atoms with E-state index in [0.717, 1.165) is 45.3 Å². The lowest BCUT2D eigenvalue weighted by atomic mass is 9.86. The Morgan fingerprint density at radius 2 is 1.92 bits per heavy atom. The topological polar surface area (TPSA) is 41.1 Å². The van der Waals surface area contributed by atoms with E-state index in [2.05, 4.69) is 61.7 Å². The summed E-state index contributed by atoms with van der Waals surface area (Å²) in [6.07, 6.45) is 6.93. The number of hydrogen-bond donors (Lipinski definition) is 2. The van der Waals surface area contributed by atoms with E-state index in [-0.39, 0.29) is 11.3 Å². The monoisotopic (exact) mass is 328 g/mol. The van der Waals surface area contributed by atoms with Gasteiger partial charge in [-0.2, -0.15) is 0 Å². The minimum Gasteiger partial charge on any atom is -0.352 e. The van der Waals surface area contributed by atoms with Crippen LogP contribution in [0.3, 0.4) is 0 Å². The summed E-state index contributed by atoms with van der Waals surface area (Å²) in [5, 5.41) is 6.32. The number of aryl methyl sites for hydroxylation is 1. The molecule has 0 aromatic heterocycles. The molecule has 0 radical (unpaired) electrons. The smallest absolute Gasteiger partial charge is 0.220 e. The van der Waals surface area contributed by atoms with Crippen molar-refractivity contribution in [3.8, 4) is 0 Å². The Morgan fingerprint density at radius 3 is 2.54 bits per heavy atom. The van der Waals surface area contributed by atoms with Crippen LogP contribution in [-0.2, 0) is 16.6 Å². The van der Waals surface area contributed by atoms with Gasteiger partial charge in [-0.3, -0.25) is 4.79 Å². The van der Waals surface area contributed by atoms with Gasteiger partial charge in [0.2, 0.25) is 5.91 Å². The maximum atomic E-state index is 11.9. The molecule has 0 spiro atoms. The van der Waals surface area contributed by atoms with Crippen molar-refractivity contribution in [1.82, 2.24) is 10.6 Å². The van der Waals surface area contributed by atoms with E-state index in [1.54, 1.807) is 0 Å². The Balaban J connectivity index is 1.62. The molecule has 1 heterocycles. The molecule has 0 bridgehead atoms. The number of carbonyl (C=O) groups is 1. The first-order valence-electron chi connectivity index (χ1n) is 9.20. The molecule has 1 aliphatic rings. The molecule has 0 unspecified atom stereocenters. The lowest BCUT2D eigenvalue weighted by Gasteiger charge is -2.19. The Hall–Kier alpha value is -1.61. The highest BCUT2D eigenvalue weighted by Crippen LogP contribution is 2.22. The first-order chi connectivity index (χ1) is 11.4. The second-order valence-electron chi connectivity index (χ2n) is 7.75. The second-order valence-corrected chi connectivity index (χ2v) is 7.75. The van der Waals surface area contributed by atoms with Crippen molar-refractivity contribution < 1.29 is 4.79 Å². The van der Waals surface area contributed by atoms with Crippen LogP contribution in [0.25, 0.3) is 0 Å². The largest absolute Gasteiger partial charge is 0.352 e. The van der Waals surface area contributed by atoms with Gasteiger partial charge in [-0.25, -0.2) is 0 Å². The van der Waals surface area contributed by atoms with E-state index >= 15 is 0 Å². The number of hydrogen-bond acceptors (Lipinski definition) is 2. The van der Waals surface area contributed by atoms with Crippen LogP contribution in [0.4, 0.5) is 0 Å². The van der Waals surface area contributed by atoms with Crippen molar-refractivity contribution in [2.75, 3.05) is 19.6 Å². The molecule has 1 aromatic rings. The maximum absolute atomic E-state index is 11.9. The number of unbranched alkanes of at least 4 members (excludes halogenated alkanes) is 1. The third-order valence-corrected chi connectivity index (χ3v) is 4.61. The predicted molar refractivity (Wildman–Crippen MR) is 101 cm³/mol. The van der Waals surface area contributed by atoms with Crippen molar-refractivity contribution in [2.45, 2.75) is 58.3 Å². The molecule has 2 rings (SSSR count). The fraction of sp³-hybridized carbons (Fsp3) is 0.571. The molecule has 3 heteroatoms. The molecule has 1 aliphatic heterocycles. The van der Waals surface area contributed by atoms with Crippen LogP contribution in [0.15, 0.2) is 35.9 Å². The van der Waals surface area contributed by atoms with Gasteiger partial charge >= 0.3 is 0 Å². The Labute approximate surface area is 146 Å². The molecule has 0 saturated heterocycles. The Morgan fingerprint density at radius 1 is 1.17 bits per heavy atom. The van der Waals surface area contributed by atoms with E-state index in [0.29, 0.717) is 6.42 Å². The molecule has 1 aromatic carbocycles. The van der Waals surface area contributed by atoms with Gasteiger partial charge < -0.3 is 10.6 Å². The molecular weight excluding hydrogens is 296 g/mol. The molecule has 0 aliphatic carbocycles. The van der Waals surface area contributed by atoms with Crippen LogP contribution in [0, 0.1) is 0 Å². The van der Waals surface area contributed by atoms with Crippen molar-refractivity contribution in [3.63, 3.8) is 0 Å². The first-order valence-corrected chi connectivity index (χ1v) is 9.20. The lowest BCUT2D eigenvalue weighted by molar-refractivity contribution is -0.121. The van der Waals surface area contributed by atoms with Crippen LogP contribution in [0.5, 0.6) is 0 Å². The van der Waals surface area contributed by atoms with E-state index in [1.165, 1.54) is 16.7 Å². The SMILES string of the molecule is CC(C)(C)c1ccc(CCCCC(=O)NCC2=CCNCC2)cc1. The molecule has 3 nitrogen and oxygen atoms in total. The normalized spacial score (nSPS) is 15.0. The molecule has 0 saturated carbocycles. The summed E-state index contributed by atoms with van der Waals surface area (Å²) in [7, 11) is 0. The summed E-state index contributed by atoms with van der Waals surface area (Å²) in [6.45, 7) is 9.38. The predicted octanol–water partition coefficient (Wildman–Crippen LogP) is 3.73. The number of rotatable bonds is 7. The van der Waals surface area contributed by atoms with Crippen LogP contribution in [0.1, 0.15) is 57.6 Å². The van der Waals surface area contributed by atoms with Gasteiger partial charge in [0.05, 0.1) is 0 Å². The van der Waals surface area contributed by atoms with Crippen LogP contribution in [-0.4, -0.2) is 25.5 Å². The third-order valence-electron chi connectivity index (χ3n) is 4.61. The lowest BCUT2D eigenvalue weighted by Crippen LogP contribution is -2.29. The van der Waals surface area contributed by atoms with E-state index < -0.39 is 0 Å². The summed E-state index contributed by atoms with van der Waals surface area (Å²) in [4.78, 5) is 11.9. The summed E-state index contributed by atoms with van der Waals surface area (Å²) >= 11 is 0. The highest BCUT2D eigenvalue weighted by atomic mass is 16.1. The zero-order valence-electron chi connectivity index (χ0n) is 15.5. The van der Waals surface area contributed by atoms with Gasteiger partial charge in [-0.15, -0.1) is 0 Å². The Bertz CT molecular complexity index is 552. The van der Waals surface area contributed by atoms with E-state index in [9.17, 15) is 4.79 Å². The minimum absolute atomic E-state index is 0.178. The zero-order chi connectivity index (χ0) is 17.4. The van der Waals surface area contributed by atoms with Crippen molar-refractivity contribution in [2.24, 2.45) is 0 Å². The zero-order valence-corrected chi connectivity index (χ0v) is 15.5. The molecule has 2 N–H and O–H groups in total. The second kappa shape index (κ2) is 9.03. The maximum Gasteiger partial charge on any atom is 0.220 e. The highest BCUT2D eigenvalue weighted by Gasteiger charge is 2.12. The van der Waals surface area contributed by atoms with Crippen LogP contribution >= 0.6 is 0 Å². The summed E-state index contributed by atoms with van der Waals surface area (Å²) in [6, 6.07) is 8.91. The average molecular weight is 329 g/mol. The highest BCUT2D eigenvalue weighted by molar-refractivity contribution is 5.76. The molecule has 0 fully saturated rings. The average Bonchev–Trinajstić information content (AvgIpc) is 2.57. The van der Waals surface area contributed by atoms with Gasteiger partial charge in [0.15, 0.2) is 0 Å². The fourth-order valence-electron chi connectivity index (χ4n) is 2.92. The van der Waals surface area contributed by atoms with Gasteiger partial charge in [0.1, 0.15) is 0 Å². The first kappa shape index (κ1) is 18.7. The minimum atomic E-state index is 0.178. The van der Waals surface area contributed by atoms with Crippen LogP contribution < -0.4 is 10.6 Å². The van der Waals surface area contributed by atoms with Gasteiger partial charge in [0.25, 0.3) is 0 Å². The third kappa shape index (κ3) is 6.48. The standard InChI is InChI=1S/C21H32N2O/c1-21(2,3)19-10-8-17(9-11-19)6-4-5-7-20(24)23-16-18-12-14-22-15-13-18/h8-12,22H,4-7,13-16H2,1-3H3,(H,23,24). The summed E-state index contributed by atoms with van der Waals surface area (Å²) in [5.74, 6) is 0.178. The van der Waals surface area contributed by atoms with Crippen molar-refractivity contribution in [1.29, 1.82) is 0 Å². The molecule has 24 heavy (non-hydrogen) atoms. The van der Waals surface area contributed by atoms with Crippen molar-refractivity contribution >= 4 is 5.91 Å². The molecule has 132 valence electrons. The Kier molecular flexibility index (Phi) is 7.04. The van der Waals surface area contributed by atoms with Gasteiger partial charge in [0, 0.05) is 19.5 Å². The number of nitrogens with one attached hydrogen (secondary N) is 2. The quantitative estimate of drug-likeness (QED) is 0.591. The van der Waals surface area contributed by atoms with Crippen molar-refractivity contribution in [3.05, 3.63) is 47.0 Å². The van der Waals surface area contributed by atoms with Gasteiger partial charge in [-0.05, 0) is 48.8 Å². The van der Waals surface area contributed by atoms with E-state index in [1.807, 2.05) is 0 Å². The fourth-order valence-corrected chi connectivity index (χ4v) is 2.92. The molecular formula is C21H32N2O. The molecule has 0 atom stereocenters. The molecule has 1 amide bonds. The van der Waals surface area contributed by atoms with E-state index in [4.69, 9.17) is 0 Å². The van der Waals surface area contributed by atoms with Gasteiger partial charge in [-0.1, -0.05) is 56.7 Å². The number of carbonyl (C=O) groups excluding carboxylic acids is 1. The number of benzene rings is 1. The summed E-state index contributed by atoms with van der Waals surface area (Å²) in [5.41, 5.74) is 4.29. The van der Waals surface area contributed by atoms with Crippen LogP contribution in [0.2, 0.25) is 0 Å².